The van der Waals surface area contributed by atoms with Crippen molar-refractivity contribution in [2.45, 2.75) is 85.0 Å². The van der Waals surface area contributed by atoms with Gasteiger partial charge in [0.05, 0.1) is 11.9 Å². The van der Waals surface area contributed by atoms with Gasteiger partial charge in [-0.25, -0.2) is 0 Å². The second-order valence-electron chi connectivity index (χ2n) is 14.4. The number of anilines is 1. The minimum absolute atomic E-state index is 0.0617. The maximum Gasteiger partial charge on any atom is 0.230 e. The van der Waals surface area contributed by atoms with Crippen LogP contribution in [-0.2, 0) is 27.2 Å². The maximum atomic E-state index is 12.0. The van der Waals surface area contributed by atoms with E-state index in [0.29, 0.717) is 25.2 Å². The van der Waals surface area contributed by atoms with Crippen molar-refractivity contribution in [3.05, 3.63) is 96.0 Å². The van der Waals surface area contributed by atoms with Crippen LogP contribution in [0.25, 0.3) is 11.1 Å². The molecule has 7 nitrogen and oxygen atoms in total. The molecule has 3 aromatic rings. The third kappa shape index (κ3) is 9.42. The number of allylic oxidation sites excluding steroid dienone is 1. The van der Waals surface area contributed by atoms with E-state index in [1.807, 2.05) is 12.3 Å². The van der Waals surface area contributed by atoms with E-state index in [4.69, 9.17) is 0 Å². The van der Waals surface area contributed by atoms with Crippen molar-refractivity contribution in [1.82, 2.24) is 15.6 Å². The van der Waals surface area contributed by atoms with Crippen molar-refractivity contribution in [2.75, 3.05) is 18.0 Å². The zero-order valence-electron chi connectivity index (χ0n) is 29.1. The number of carbonyl (C=O) groups excluding carboxylic acids is 3. The van der Waals surface area contributed by atoms with Gasteiger partial charge in [0.1, 0.15) is 0 Å². The summed E-state index contributed by atoms with van der Waals surface area (Å²) >= 11 is 0. The first-order valence-corrected chi connectivity index (χ1v) is 17.8. The molecule has 2 N–H and O–H groups in total. The lowest BCUT2D eigenvalue weighted by Crippen LogP contribution is -2.41. The van der Waals surface area contributed by atoms with Gasteiger partial charge in [-0.2, -0.15) is 0 Å². The molecule has 3 aliphatic rings. The quantitative estimate of drug-likeness (QED) is 0.246. The Balaban J connectivity index is 0.000000188. The number of nitrogens with zero attached hydrogens (tertiary/aromatic N) is 2. The molecule has 2 unspecified atom stereocenters. The molecule has 0 bridgehead atoms. The summed E-state index contributed by atoms with van der Waals surface area (Å²) in [4.78, 5) is 42.0. The fourth-order valence-corrected chi connectivity index (χ4v) is 6.93. The van der Waals surface area contributed by atoms with E-state index in [1.165, 1.54) is 40.8 Å². The number of carbonyl (C=O) groups is 3. The highest BCUT2D eigenvalue weighted by atomic mass is 16.2. The van der Waals surface area contributed by atoms with Crippen LogP contribution in [0.2, 0.25) is 0 Å². The summed E-state index contributed by atoms with van der Waals surface area (Å²) in [6.45, 7) is 15.1. The number of hydrogen-bond donors (Lipinski definition) is 2. The van der Waals surface area contributed by atoms with E-state index in [2.05, 4.69) is 109 Å². The van der Waals surface area contributed by atoms with E-state index in [0.717, 1.165) is 55.6 Å². The van der Waals surface area contributed by atoms with Gasteiger partial charge in [-0.05, 0) is 90.7 Å². The Labute approximate surface area is 286 Å². The predicted molar refractivity (Wildman–Crippen MR) is 193 cm³/mol. The minimum Gasteiger partial charge on any atom is -0.370 e. The van der Waals surface area contributed by atoms with Crippen LogP contribution < -0.4 is 15.5 Å². The zero-order chi connectivity index (χ0) is 34.2. The smallest absolute Gasteiger partial charge is 0.230 e. The molecule has 48 heavy (non-hydrogen) atoms. The van der Waals surface area contributed by atoms with Gasteiger partial charge in [0, 0.05) is 49.2 Å². The van der Waals surface area contributed by atoms with E-state index in [1.54, 1.807) is 0 Å². The van der Waals surface area contributed by atoms with Crippen LogP contribution in [0.15, 0.2) is 79.1 Å². The lowest BCUT2D eigenvalue weighted by Gasteiger charge is -2.35. The Kier molecular flexibility index (Phi) is 11.9. The fraction of sp³-hybridized carbons (Fsp3) is 0.463. The Bertz CT molecular complexity index is 1550. The summed E-state index contributed by atoms with van der Waals surface area (Å²) in [7, 11) is 0. The van der Waals surface area contributed by atoms with Gasteiger partial charge in [-0.15, -0.1) is 0 Å². The number of amides is 3. The second kappa shape index (κ2) is 16.2. The first-order valence-electron chi connectivity index (χ1n) is 17.8. The van der Waals surface area contributed by atoms with Crippen LogP contribution >= 0.6 is 0 Å². The first kappa shape index (κ1) is 35.1. The predicted octanol–water partition coefficient (Wildman–Crippen LogP) is 7.61. The zero-order valence-corrected chi connectivity index (χ0v) is 29.1. The van der Waals surface area contributed by atoms with Crippen LogP contribution in [0.1, 0.15) is 89.0 Å². The molecule has 2 atom stereocenters. The molecule has 254 valence electrons. The molecule has 3 aliphatic heterocycles. The van der Waals surface area contributed by atoms with E-state index >= 15 is 0 Å². The number of nitrogens with one attached hydrogen (secondary N) is 2. The fourth-order valence-electron chi connectivity index (χ4n) is 6.93. The number of pyridine rings is 1. The summed E-state index contributed by atoms with van der Waals surface area (Å²) in [5.41, 5.74) is 7.96. The van der Waals surface area contributed by atoms with Crippen LogP contribution in [0, 0.1) is 23.7 Å². The average Bonchev–Trinajstić information content (AvgIpc) is 3.08. The largest absolute Gasteiger partial charge is 0.370 e. The SMILES string of the molecule is C=C1CCC(Cc2ccc(-c3ccc(C(C)C)cc3)cc2)C(=O)N1.CC(C)C1CCN(c2ccc(CC3CCC(=O)NC3=O)nc2)CC1. The Morgan fingerprint density at radius 3 is 1.92 bits per heavy atom. The molecule has 3 amide bonds. The standard InChI is InChI=1S/C22H25NO.C19H27N3O2/c1-15(2)18-10-12-20(13-11-18)19-8-5-17(6-9-19)14-21-7-4-16(3)23-22(21)24;1-13(2)14-7-9-22(10-8-14)17-5-4-16(20-12-17)11-15-3-6-18(23)21-19(15)24/h5-6,8-13,15,21H,3-4,7,14H2,1-2H3,(H,23,24);4-5,12-15H,3,6-11H2,1-2H3,(H,21,23,24). The second-order valence-corrected chi connectivity index (χ2v) is 14.4. The molecule has 0 spiro atoms. The van der Waals surface area contributed by atoms with Crippen molar-refractivity contribution in [3.8, 4) is 11.1 Å². The van der Waals surface area contributed by atoms with Crippen molar-refractivity contribution in [2.24, 2.45) is 23.7 Å². The topological polar surface area (TPSA) is 91.4 Å². The lowest BCUT2D eigenvalue weighted by atomic mass is 9.86. The third-order valence-electron chi connectivity index (χ3n) is 10.3. The molecule has 0 radical (unpaired) electrons. The molecule has 0 saturated carbocycles. The van der Waals surface area contributed by atoms with Crippen LogP contribution in [0.4, 0.5) is 5.69 Å². The molecular formula is C41H52N4O3. The van der Waals surface area contributed by atoms with Crippen molar-refractivity contribution in [3.63, 3.8) is 0 Å². The van der Waals surface area contributed by atoms with E-state index < -0.39 is 0 Å². The number of hydrogen-bond acceptors (Lipinski definition) is 5. The average molecular weight is 649 g/mol. The molecule has 6 rings (SSSR count). The molecule has 1 aromatic heterocycles. The normalized spacial score (nSPS) is 20.3. The maximum absolute atomic E-state index is 12.0. The highest BCUT2D eigenvalue weighted by molar-refractivity contribution is 5.98. The van der Waals surface area contributed by atoms with Gasteiger partial charge >= 0.3 is 0 Å². The minimum atomic E-state index is -0.163. The van der Waals surface area contributed by atoms with Gasteiger partial charge in [0.25, 0.3) is 0 Å². The number of aromatic nitrogens is 1. The van der Waals surface area contributed by atoms with Crippen LogP contribution in [-0.4, -0.2) is 35.8 Å². The Morgan fingerprint density at radius 1 is 0.750 bits per heavy atom. The van der Waals surface area contributed by atoms with Gasteiger partial charge in [-0.1, -0.05) is 82.8 Å². The molecular weight excluding hydrogens is 596 g/mol. The molecule has 2 aromatic carbocycles. The Hall–Kier alpha value is -4.26. The highest BCUT2D eigenvalue weighted by Gasteiger charge is 2.27. The van der Waals surface area contributed by atoms with Gasteiger partial charge in [-0.3, -0.25) is 24.7 Å². The number of piperidine rings is 3. The summed E-state index contributed by atoms with van der Waals surface area (Å²) in [5.74, 6) is 1.87. The van der Waals surface area contributed by atoms with Gasteiger partial charge in [0.15, 0.2) is 0 Å². The van der Waals surface area contributed by atoms with Gasteiger partial charge < -0.3 is 10.2 Å². The number of rotatable bonds is 8. The number of benzene rings is 2. The first-order chi connectivity index (χ1) is 23.0. The lowest BCUT2D eigenvalue weighted by molar-refractivity contribution is -0.136. The van der Waals surface area contributed by atoms with Crippen molar-refractivity contribution >= 4 is 23.4 Å². The molecule has 7 heteroatoms. The summed E-state index contributed by atoms with van der Waals surface area (Å²) in [6.07, 6.45) is 8.65. The molecule has 0 aliphatic carbocycles. The monoisotopic (exact) mass is 648 g/mol. The highest BCUT2D eigenvalue weighted by Crippen LogP contribution is 2.29. The number of imide groups is 1. The van der Waals surface area contributed by atoms with Crippen molar-refractivity contribution < 1.29 is 14.4 Å². The molecule has 3 fully saturated rings. The van der Waals surface area contributed by atoms with E-state index in [-0.39, 0.29) is 29.6 Å². The molecule has 3 saturated heterocycles. The van der Waals surface area contributed by atoms with Crippen molar-refractivity contribution in [1.29, 1.82) is 0 Å². The van der Waals surface area contributed by atoms with Crippen LogP contribution in [0.5, 0.6) is 0 Å². The summed E-state index contributed by atoms with van der Waals surface area (Å²) in [6, 6.07) is 21.5. The Morgan fingerprint density at radius 2 is 1.35 bits per heavy atom. The summed E-state index contributed by atoms with van der Waals surface area (Å²) in [5, 5.41) is 5.28. The summed E-state index contributed by atoms with van der Waals surface area (Å²) < 4.78 is 0. The third-order valence-corrected chi connectivity index (χ3v) is 10.3. The van der Waals surface area contributed by atoms with Crippen LogP contribution in [0.3, 0.4) is 0 Å². The van der Waals surface area contributed by atoms with Gasteiger partial charge in [0.2, 0.25) is 17.7 Å². The molecule has 4 heterocycles. The van der Waals surface area contributed by atoms with E-state index in [9.17, 15) is 14.4 Å².